The molecular weight excluding hydrogens is 452 g/mol. The second kappa shape index (κ2) is 9.90. The number of fused-ring (bicyclic) bond motifs is 1. The molecule has 4 rings (SSSR count). The van der Waals surface area contributed by atoms with E-state index < -0.39 is 6.36 Å². The highest BCUT2D eigenvalue weighted by Gasteiger charge is 2.31. The molecular formula is C24H20F4N4O2. The minimum atomic E-state index is -4.75. The molecule has 0 aliphatic carbocycles. The first-order valence-electron chi connectivity index (χ1n) is 10.4. The number of pyridine rings is 1. The summed E-state index contributed by atoms with van der Waals surface area (Å²) in [4.78, 5) is 21.3. The average Bonchev–Trinajstić information content (AvgIpc) is 3.15. The van der Waals surface area contributed by atoms with E-state index in [9.17, 15) is 22.4 Å². The molecule has 0 unspecified atom stereocenters. The zero-order chi connectivity index (χ0) is 24.1. The Hall–Kier alpha value is -3.95. The van der Waals surface area contributed by atoms with Gasteiger partial charge in [-0.25, -0.2) is 14.4 Å². The molecule has 0 spiro atoms. The van der Waals surface area contributed by atoms with Gasteiger partial charge in [0, 0.05) is 25.6 Å². The lowest BCUT2D eigenvalue weighted by atomic mass is 10.2. The number of hydrogen-bond donors (Lipinski definition) is 1. The number of ether oxygens (including phenoxy) is 1. The quantitative estimate of drug-likeness (QED) is 0.375. The van der Waals surface area contributed by atoms with Crippen LogP contribution in [0.5, 0.6) is 5.75 Å². The molecule has 34 heavy (non-hydrogen) atoms. The molecule has 0 aliphatic rings. The number of amides is 1. The Balaban J connectivity index is 1.44. The van der Waals surface area contributed by atoms with Crippen molar-refractivity contribution in [2.45, 2.75) is 32.3 Å². The van der Waals surface area contributed by atoms with Crippen LogP contribution in [0.4, 0.5) is 17.6 Å². The number of carbonyl (C=O) groups is 1. The van der Waals surface area contributed by atoms with E-state index in [2.05, 4.69) is 20.0 Å². The molecule has 2 heterocycles. The van der Waals surface area contributed by atoms with E-state index in [0.29, 0.717) is 30.0 Å². The molecule has 2 aromatic heterocycles. The van der Waals surface area contributed by atoms with E-state index in [1.165, 1.54) is 36.4 Å². The topological polar surface area (TPSA) is 69.0 Å². The van der Waals surface area contributed by atoms with E-state index in [1.807, 2.05) is 4.57 Å². The molecule has 0 bridgehead atoms. The molecule has 0 atom stereocenters. The van der Waals surface area contributed by atoms with Gasteiger partial charge in [0.15, 0.2) is 5.65 Å². The Bertz CT molecular complexity index is 1270. The molecule has 1 amide bonds. The number of carbonyl (C=O) groups excluding carboxylic acids is 1. The van der Waals surface area contributed by atoms with Crippen molar-refractivity contribution in [1.82, 2.24) is 19.9 Å². The van der Waals surface area contributed by atoms with Crippen LogP contribution in [-0.2, 0) is 24.3 Å². The van der Waals surface area contributed by atoms with Crippen LogP contribution in [-0.4, -0.2) is 26.8 Å². The van der Waals surface area contributed by atoms with Crippen molar-refractivity contribution in [3.8, 4) is 5.75 Å². The number of rotatable bonds is 8. The fourth-order valence-corrected chi connectivity index (χ4v) is 3.46. The molecule has 176 valence electrons. The summed E-state index contributed by atoms with van der Waals surface area (Å²) < 4.78 is 56.0. The van der Waals surface area contributed by atoms with Gasteiger partial charge in [-0.15, -0.1) is 13.2 Å². The third-order valence-electron chi connectivity index (χ3n) is 5.06. The van der Waals surface area contributed by atoms with Crippen molar-refractivity contribution in [1.29, 1.82) is 0 Å². The summed E-state index contributed by atoms with van der Waals surface area (Å²) in [5.41, 5.74) is 2.77. The molecule has 0 radical (unpaired) electrons. The van der Waals surface area contributed by atoms with Gasteiger partial charge in [-0.05, 0) is 47.5 Å². The number of aryl methyl sites for hydroxylation is 1. The Labute approximate surface area is 192 Å². The van der Waals surface area contributed by atoms with E-state index in [1.54, 1.807) is 30.5 Å². The third-order valence-corrected chi connectivity index (χ3v) is 5.06. The van der Waals surface area contributed by atoms with E-state index in [-0.39, 0.29) is 30.4 Å². The predicted molar refractivity (Wildman–Crippen MR) is 116 cm³/mol. The smallest absolute Gasteiger partial charge is 0.406 e. The van der Waals surface area contributed by atoms with Crippen molar-refractivity contribution in [3.05, 3.63) is 89.6 Å². The first kappa shape index (κ1) is 23.2. The van der Waals surface area contributed by atoms with Gasteiger partial charge in [0.1, 0.15) is 22.9 Å². The lowest BCUT2D eigenvalue weighted by Crippen LogP contribution is -2.23. The number of alkyl halides is 3. The average molecular weight is 472 g/mol. The van der Waals surface area contributed by atoms with Crippen molar-refractivity contribution in [3.63, 3.8) is 0 Å². The number of benzene rings is 2. The molecule has 6 nitrogen and oxygen atoms in total. The second-order valence-electron chi connectivity index (χ2n) is 7.56. The first-order valence-corrected chi connectivity index (χ1v) is 10.4. The first-order chi connectivity index (χ1) is 16.3. The van der Waals surface area contributed by atoms with Gasteiger partial charge in [0.05, 0.1) is 6.54 Å². The number of aromatic nitrogens is 3. The van der Waals surface area contributed by atoms with Gasteiger partial charge in [0.2, 0.25) is 5.91 Å². The normalized spacial score (nSPS) is 11.5. The van der Waals surface area contributed by atoms with Gasteiger partial charge >= 0.3 is 6.36 Å². The van der Waals surface area contributed by atoms with Crippen LogP contribution in [0.1, 0.15) is 23.4 Å². The van der Waals surface area contributed by atoms with Crippen LogP contribution >= 0.6 is 0 Å². The van der Waals surface area contributed by atoms with Crippen LogP contribution in [0.15, 0.2) is 66.9 Å². The summed E-state index contributed by atoms with van der Waals surface area (Å²) in [6, 6.07) is 15.0. The number of nitrogens with one attached hydrogen (secondary N) is 1. The van der Waals surface area contributed by atoms with Crippen molar-refractivity contribution in [2.75, 3.05) is 0 Å². The fourth-order valence-electron chi connectivity index (χ4n) is 3.46. The Morgan fingerprint density at radius 3 is 2.41 bits per heavy atom. The van der Waals surface area contributed by atoms with Gasteiger partial charge in [-0.3, -0.25) is 4.79 Å². The largest absolute Gasteiger partial charge is 0.573 e. The minimum absolute atomic E-state index is 0.170. The van der Waals surface area contributed by atoms with Crippen molar-refractivity contribution < 1.29 is 27.1 Å². The maximum atomic E-state index is 13.0. The Kier molecular flexibility index (Phi) is 6.76. The van der Waals surface area contributed by atoms with Gasteiger partial charge in [-0.1, -0.05) is 24.3 Å². The lowest BCUT2D eigenvalue weighted by molar-refractivity contribution is -0.274. The number of nitrogens with zero attached hydrogens (tertiary/aromatic N) is 3. The Morgan fingerprint density at radius 1 is 1.00 bits per heavy atom. The van der Waals surface area contributed by atoms with E-state index in [4.69, 9.17) is 0 Å². The van der Waals surface area contributed by atoms with Gasteiger partial charge < -0.3 is 14.6 Å². The zero-order valence-corrected chi connectivity index (χ0v) is 17.8. The summed E-state index contributed by atoms with van der Waals surface area (Å²) in [6.07, 6.45) is -2.62. The number of hydrogen-bond acceptors (Lipinski definition) is 4. The van der Waals surface area contributed by atoms with Crippen LogP contribution < -0.4 is 10.1 Å². The van der Waals surface area contributed by atoms with Crippen LogP contribution in [0, 0.1) is 5.82 Å². The monoisotopic (exact) mass is 472 g/mol. The highest BCUT2D eigenvalue weighted by atomic mass is 19.4. The third kappa shape index (κ3) is 6.09. The van der Waals surface area contributed by atoms with Crippen LogP contribution in [0.3, 0.4) is 0 Å². The summed E-state index contributed by atoms with van der Waals surface area (Å²) >= 11 is 0. The summed E-state index contributed by atoms with van der Waals surface area (Å²) in [5, 5.41) is 2.80. The number of halogens is 4. The summed E-state index contributed by atoms with van der Waals surface area (Å²) in [6.45, 7) is 0.593. The molecule has 0 saturated carbocycles. The molecule has 0 saturated heterocycles. The molecule has 0 fully saturated rings. The molecule has 2 aromatic carbocycles. The van der Waals surface area contributed by atoms with E-state index >= 15 is 0 Å². The molecule has 0 aliphatic heterocycles. The number of imidazole rings is 1. The molecule has 10 heteroatoms. The minimum Gasteiger partial charge on any atom is -0.406 e. The van der Waals surface area contributed by atoms with Crippen LogP contribution in [0.25, 0.3) is 11.2 Å². The van der Waals surface area contributed by atoms with Gasteiger partial charge in [0.25, 0.3) is 0 Å². The summed E-state index contributed by atoms with van der Waals surface area (Å²) in [7, 11) is 0. The zero-order valence-electron chi connectivity index (χ0n) is 17.8. The SMILES string of the molecule is O=C(CCc1nc2cccnc2n1Cc1ccc(OC(F)(F)F)cc1)NCc1ccc(F)cc1. The van der Waals surface area contributed by atoms with Crippen molar-refractivity contribution in [2.24, 2.45) is 0 Å². The lowest BCUT2D eigenvalue weighted by Gasteiger charge is -2.11. The van der Waals surface area contributed by atoms with E-state index in [0.717, 1.165) is 11.1 Å². The second-order valence-corrected chi connectivity index (χ2v) is 7.56. The Morgan fingerprint density at radius 2 is 1.71 bits per heavy atom. The highest BCUT2D eigenvalue weighted by Crippen LogP contribution is 2.24. The molecule has 1 N–H and O–H groups in total. The maximum Gasteiger partial charge on any atom is 0.573 e. The molecule has 4 aromatic rings. The summed E-state index contributed by atoms with van der Waals surface area (Å²) in [5.74, 6) is -0.209. The highest BCUT2D eigenvalue weighted by molar-refractivity contribution is 5.76. The predicted octanol–water partition coefficient (Wildman–Crippen LogP) is 4.77. The standard InChI is InChI=1S/C24H20F4N4O2/c25-18-7-3-16(4-8-18)14-30-22(33)12-11-21-31-20-2-1-13-29-23(20)32(21)15-17-5-9-19(10-6-17)34-24(26,27)28/h1-10,13H,11-12,14-15H2,(H,30,33). The van der Waals surface area contributed by atoms with Crippen LogP contribution in [0.2, 0.25) is 0 Å². The fraction of sp³-hybridized carbons (Fsp3) is 0.208. The van der Waals surface area contributed by atoms with Crippen molar-refractivity contribution >= 4 is 17.1 Å². The van der Waals surface area contributed by atoms with Gasteiger partial charge in [-0.2, -0.15) is 0 Å². The maximum absolute atomic E-state index is 13.0.